The van der Waals surface area contributed by atoms with Crippen LogP contribution in [0, 0.1) is 6.92 Å². The van der Waals surface area contributed by atoms with Crippen molar-refractivity contribution in [1.82, 2.24) is 15.1 Å². The van der Waals surface area contributed by atoms with Crippen LogP contribution < -0.4 is 5.32 Å². The first-order valence-corrected chi connectivity index (χ1v) is 9.45. The number of ether oxygens (including phenoxy) is 1. The molecule has 1 fully saturated rings. The Morgan fingerprint density at radius 3 is 2.67 bits per heavy atom. The monoisotopic (exact) mass is 375 g/mol. The van der Waals surface area contributed by atoms with Crippen molar-refractivity contribution in [2.75, 3.05) is 39.3 Å². The molecule has 148 valence electrons. The highest BCUT2D eigenvalue weighted by Crippen LogP contribution is 2.08. The number of aryl methyl sites for hydroxylation is 1. The molecule has 0 saturated carbocycles. The van der Waals surface area contributed by atoms with E-state index < -0.39 is 6.04 Å². The Hall–Kier alpha value is -2.41. The summed E-state index contributed by atoms with van der Waals surface area (Å²) in [6, 6.07) is 6.67. The molecule has 1 heterocycles. The number of rotatable bonds is 6. The summed E-state index contributed by atoms with van der Waals surface area (Å²) < 4.78 is 4.98. The van der Waals surface area contributed by atoms with Crippen LogP contribution >= 0.6 is 0 Å². The van der Waals surface area contributed by atoms with E-state index in [1.807, 2.05) is 24.0 Å². The quantitative estimate of drug-likeness (QED) is 0.756. The second kappa shape index (κ2) is 10.1. The lowest BCUT2D eigenvalue weighted by atomic mass is 10.1. The predicted octanol–water partition coefficient (Wildman–Crippen LogP) is 1.21. The van der Waals surface area contributed by atoms with E-state index in [4.69, 9.17) is 4.74 Å². The smallest absolute Gasteiger partial charge is 0.320 e. The number of benzene rings is 1. The molecular formula is C20H29N3O4. The number of esters is 1. The Kier molecular flexibility index (Phi) is 7.79. The molecule has 1 atom stereocenters. The fourth-order valence-electron chi connectivity index (χ4n) is 3.14. The summed E-state index contributed by atoms with van der Waals surface area (Å²) >= 11 is 0. The molecule has 0 radical (unpaired) electrons. The summed E-state index contributed by atoms with van der Waals surface area (Å²) in [4.78, 5) is 40.5. The van der Waals surface area contributed by atoms with Crippen molar-refractivity contribution in [3.05, 3.63) is 35.4 Å². The van der Waals surface area contributed by atoms with Gasteiger partial charge in [-0.15, -0.1) is 0 Å². The fourth-order valence-corrected chi connectivity index (χ4v) is 3.14. The Labute approximate surface area is 160 Å². The summed E-state index contributed by atoms with van der Waals surface area (Å²) in [7, 11) is 0. The van der Waals surface area contributed by atoms with E-state index in [0.29, 0.717) is 31.8 Å². The SMILES string of the molecule is CCOC(=O)CN1CCCN(C(=O)C(C)NC(=O)c2cccc(C)c2)CC1. The number of carbonyl (C=O) groups is 3. The molecule has 0 spiro atoms. The third-order valence-electron chi connectivity index (χ3n) is 4.56. The van der Waals surface area contributed by atoms with Crippen molar-refractivity contribution in [1.29, 1.82) is 0 Å². The molecule has 1 N–H and O–H groups in total. The standard InChI is InChI=1S/C20H29N3O4/c1-4-27-18(24)14-22-9-6-10-23(12-11-22)20(26)16(3)21-19(25)17-8-5-7-15(2)13-17/h5,7-8,13,16H,4,6,9-12,14H2,1-3H3,(H,21,25). The summed E-state index contributed by atoms with van der Waals surface area (Å²) in [5.74, 6) is -0.594. The average molecular weight is 375 g/mol. The van der Waals surface area contributed by atoms with Gasteiger partial charge < -0.3 is 15.0 Å². The lowest BCUT2D eigenvalue weighted by molar-refractivity contribution is -0.144. The average Bonchev–Trinajstić information content (AvgIpc) is 2.86. The van der Waals surface area contributed by atoms with Crippen LogP contribution in [0.4, 0.5) is 0 Å². The van der Waals surface area contributed by atoms with Crippen LogP contribution in [0.25, 0.3) is 0 Å². The van der Waals surface area contributed by atoms with Crippen molar-refractivity contribution in [2.45, 2.75) is 33.2 Å². The van der Waals surface area contributed by atoms with E-state index in [2.05, 4.69) is 5.32 Å². The number of carbonyl (C=O) groups excluding carboxylic acids is 3. The Morgan fingerprint density at radius 2 is 1.96 bits per heavy atom. The molecule has 1 aromatic carbocycles. The molecule has 27 heavy (non-hydrogen) atoms. The highest BCUT2D eigenvalue weighted by Gasteiger charge is 2.25. The van der Waals surface area contributed by atoms with Crippen molar-refractivity contribution < 1.29 is 19.1 Å². The second-order valence-electron chi connectivity index (χ2n) is 6.82. The highest BCUT2D eigenvalue weighted by molar-refractivity contribution is 5.97. The van der Waals surface area contributed by atoms with Gasteiger partial charge in [0, 0.05) is 31.7 Å². The highest BCUT2D eigenvalue weighted by atomic mass is 16.5. The number of nitrogens with one attached hydrogen (secondary N) is 1. The Bertz CT molecular complexity index is 677. The normalized spacial score (nSPS) is 16.3. The third kappa shape index (κ3) is 6.36. The molecule has 7 heteroatoms. The molecule has 1 saturated heterocycles. The molecule has 1 aromatic rings. The van der Waals surface area contributed by atoms with Crippen LogP contribution in [0.3, 0.4) is 0 Å². The van der Waals surface area contributed by atoms with E-state index >= 15 is 0 Å². The third-order valence-corrected chi connectivity index (χ3v) is 4.56. The summed E-state index contributed by atoms with van der Waals surface area (Å²) in [5.41, 5.74) is 1.54. The topological polar surface area (TPSA) is 79.0 Å². The lowest BCUT2D eigenvalue weighted by Gasteiger charge is -2.25. The van der Waals surface area contributed by atoms with Crippen molar-refractivity contribution in [2.24, 2.45) is 0 Å². The van der Waals surface area contributed by atoms with Gasteiger partial charge in [-0.3, -0.25) is 19.3 Å². The summed E-state index contributed by atoms with van der Waals surface area (Å²) in [6.45, 7) is 8.53. The van der Waals surface area contributed by atoms with E-state index in [1.165, 1.54) is 0 Å². The van der Waals surface area contributed by atoms with Gasteiger partial charge in [-0.1, -0.05) is 17.7 Å². The molecule has 1 aliphatic heterocycles. The van der Waals surface area contributed by atoms with E-state index in [-0.39, 0.29) is 24.3 Å². The van der Waals surface area contributed by atoms with Gasteiger partial charge in [0.15, 0.2) is 0 Å². The van der Waals surface area contributed by atoms with E-state index in [0.717, 1.165) is 18.5 Å². The number of hydrogen-bond donors (Lipinski definition) is 1. The van der Waals surface area contributed by atoms with Gasteiger partial charge in [0.1, 0.15) is 6.04 Å². The zero-order valence-electron chi connectivity index (χ0n) is 16.4. The summed E-state index contributed by atoms with van der Waals surface area (Å²) in [5, 5.41) is 2.78. The molecule has 2 rings (SSSR count). The number of hydrogen-bond acceptors (Lipinski definition) is 5. The molecular weight excluding hydrogens is 346 g/mol. The minimum absolute atomic E-state index is 0.103. The molecule has 0 aromatic heterocycles. The first-order chi connectivity index (χ1) is 12.9. The molecule has 2 amide bonds. The maximum atomic E-state index is 12.7. The fraction of sp³-hybridized carbons (Fsp3) is 0.550. The second-order valence-corrected chi connectivity index (χ2v) is 6.82. The van der Waals surface area contributed by atoms with Gasteiger partial charge in [0.2, 0.25) is 5.91 Å². The van der Waals surface area contributed by atoms with Gasteiger partial charge in [0.25, 0.3) is 5.91 Å². The van der Waals surface area contributed by atoms with Crippen LogP contribution in [0.2, 0.25) is 0 Å². The first kappa shape index (κ1) is 20.9. The van der Waals surface area contributed by atoms with Crippen molar-refractivity contribution in [3.63, 3.8) is 0 Å². The van der Waals surface area contributed by atoms with Gasteiger partial charge >= 0.3 is 5.97 Å². The first-order valence-electron chi connectivity index (χ1n) is 9.45. The van der Waals surface area contributed by atoms with E-state index in [1.54, 1.807) is 30.9 Å². The minimum atomic E-state index is -0.602. The van der Waals surface area contributed by atoms with Crippen molar-refractivity contribution >= 4 is 17.8 Å². The molecule has 1 unspecified atom stereocenters. The van der Waals surface area contributed by atoms with Crippen LogP contribution in [0.5, 0.6) is 0 Å². The molecule has 1 aliphatic rings. The zero-order chi connectivity index (χ0) is 19.8. The van der Waals surface area contributed by atoms with Crippen LogP contribution in [0.15, 0.2) is 24.3 Å². The predicted molar refractivity (Wildman–Crippen MR) is 102 cm³/mol. The maximum absolute atomic E-state index is 12.7. The lowest BCUT2D eigenvalue weighted by Crippen LogP contribution is -2.48. The Balaban J connectivity index is 1.87. The zero-order valence-corrected chi connectivity index (χ0v) is 16.4. The maximum Gasteiger partial charge on any atom is 0.320 e. The van der Waals surface area contributed by atoms with Crippen LogP contribution in [-0.2, 0) is 14.3 Å². The molecule has 7 nitrogen and oxygen atoms in total. The van der Waals surface area contributed by atoms with Crippen LogP contribution in [0.1, 0.15) is 36.2 Å². The minimum Gasteiger partial charge on any atom is -0.465 e. The number of amides is 2. The van der Waals surface area contributed by atoms with Gasteiger partial charge in [-0.2, -0.15) is 0 Å². The largest absolute Gasteiger partial charge is 0.465 e. The van der Waals surface area contributed by atoms with Crippen molar-refractivity contribution in [3.8, 4) is 0 Å². The molecule has 0 aliphatic carbocycles. The van der Waals surface area contributed by atoms with Crippen LogP contribution in [-0.4, -0.2) is 73.0 Å². The molecule has 0 bridgehead atoms. The van der Waals surface area contributed by atoms with Gasteiger partial charge in [-0.25, -0.2) is 0 Å². The summed E-state index contributed by atoms with van der Waals surface area (Å²) in [6.07, 6.45) is 0.781. The van der Waals surface area contributed by atoms with E-state index in [9.17, 15) is 14.4 Å². The van der Waals surface area contributed by atoms with Gasteiger partial charge in [0.05, 0.1) is 13.2 Å². The Morgan fingerprint density at radius 1 is 1.19 bits per heavy atom. The van der Waals surface area contributed by atoms with Gasteiger partial charge in [-0.05, 0) is 39.3 Å². The number of nitrogens with zero attached hydrogens (tertiary/aromatic N) is 2.